The third kappa shape index (κ3) is 5.44. The van der Waals surface area contributed by atoms with Gasteiger partial charge >= 0.3 is 5.97 Å². The van der Waals surface area contributed by atoms with E-state index in [4.69, 9.17) is 28.4 Å². The highest BCUT2D eigenvalue weighted by atomic mass is 16.5. The Morgan fingerprint density at radius 2 is 1.28 bits per heavy atom. The Kier molecular flexibility index (Phi) is 7.53. The molecule has 29 heavy (non-hydrogen) atoms. The van der Waals surface area contributed by atoms with Crippen molar-refractivity contribution in [1.82, 2.24) is 0 Å². The van der Waals surface area contributed by atoms with Crippen LogP contribution in [0.4, 0.5) is 5.69 Å². The van der Waals surface area contributed by atoms with Crippen molar-refractivity contribution >= 4 is 17.6 Å². The van der Waals surface area contributed by atoms with Crippen LogP contribution in [0, 0.1) is 0 Å². The van der Waals surface area contributed by atoms with E-state index in [1.807, 2.05) is 0 Å². The molecule has 0 saturated carbocycles. The van der Waals surface area contributed by atoms with Gasteiger partial charge in [0.15, 0.2) is 18.1 Å². The molecule has 0 fully saturated rings. The van der Waals surface area contributed by atoms with Crippen LogP contribution >= 0.6 is 0 Å². The van der Waals surface area contributed by atoms with Crippen LogP contribution in [0.1, 0.15) is 10.4 Å². The molecule has 9 nitrogen and oxygen atoms in total. The number of carbonyl (C=O) groups is 2. The number of hydrogen-bond acceptors (Lipinski definition) is 8. The molecular weight excluding hydrogens is 382 g/mol. The number of amides is 1. The standard InChI is InChI=1S/C20H23NO8/c1-24-13-6-12(7-14(8-13)25-2)21-19(22)11-29-20(23)15-9-17(27-4)18(28-5)10-16(15)26-3/h6-10H,11H2,1-5H3,(H,21,22). The maximum absolute atomic E-state index is 12.4. The lowest BCUT2D eigenvalue weighted by molar-refractivity contribution is -0.119. The summed E-state index contributed by atoms with van der Waals surface area (Å²) in [6.45, 7) is -0.504. The minimum Gasteiger partial charge on any atom is -0.497 e. The highest BCUT2D eigenvalue weighted by molar-refractivity contribution is 5.97. The first-order chi connectivity index (χ1) is 13.9. The van der Waals surface area contributed by atoms with Crippen molar-refractivity contribution in [3.05, 3.63) is 35.9 Å². The number of anilines is 1. The van der Waals surface area contributed by atoms with Crippen molar-refractivity contribution in [3.63, 3.8) is 0 Å². The van der Waals surface area contributed by atoms with Crippen LogP contribution < -0.4 is 29.0 Å². The highest BCUT2D eigenvalue weighted by Gasteiger charge is 2.20. The van der Waals surface area contributed by atoms with Gasteiger partial charge in [0.05, 0.1) is 35.5 Å². The SMILES string of the molecule is COc1cc(NC(=O)COC(=O)c2cc(OC)c(OC)cc2OC)cc(OC)c1. The van der Waals surface area contributed by atoms with Crippen molar-refractivity contribution in [3.8, 4) is 28.7 Å². The van der Waals surface area contributed by atoms with E-state index in [0.717, 1.165) is 0 Å². The third-order valence-corrected chi connectivity index (χ3v) is 3.90. The average molecular weight is 405 g/mol. The number of ether oxygens (including phenoxy) is 6. The zero-order valence-electron chi connectivity index (χ0n) is 16.9. The number of methoxy groups -OCH3 is 5. The van der Waals surface area contributed by atoms with Crippen LogP contribution in [0.15, 0.2) is 30.3 Å². The predicted molar refractivity (Wildman–Crippen MR) is 105 cm³/mol. The van der Waals surface area contributed by atoms with Gasteiger partial charge in [0, 0.05) is 36.0 Å². The van der Waals surface area contributed by atoms with Crippen LogP contribution in [-0.2, 0) is 9.53 Å². The van der Waals surface area contributed by atoms with Crippen molar-refractivity contribution in [2.24, 2.45) is 0 Å². The van der Waals surface area contributed by atoms with Crippen LogP contribution in [0.2, 0.25) is 0 Å². The van der Waals surface area contributed by atoms with Gasteiger partial charge in [-0.3, -0.25) is 4.79 Å². The summed E-state index contributed by atoms with van der Waals surface area (Å²) in [5.74, 6) is 0.678. The second kappa shape index (κ2) is 10.1. The van der Waals surface area contributed by atoms with Crippen molar-refractivity contribution in [2.45, 2.75) is 0 Å². The molecular formula is C20H23NO8. The van der Waals surface area contributed by atoms with Gasteiger partial charge in [-0.1, -0.05) is 0 Å². The smallest absolute Gasteiger partial charge is 0.342 e. The van der Waals surface area contributed by atoms with Crippen LogP contribution in [-0.4, -0.2) is 54.0 Å². The largest absolute Gasteiger partial charge is 0.497 e. The molecule has 1 amide bonds. The van der Waals surface area contributed by atoms with Crippen LogP contribution in [0.25, 0.3) is 0 Å². The van der Waals surface area contributed by atoms with Gasteiger partial charge in [0.2, 0.25) is 0 Å². The highest BCUT2D eigenvalue weighted by Crippen LogP contribution is 2.35. The van der Waals surface area contributed by atoms with Crippen molar-refractivity contribution < 1.29 is 38.0 Å². The Balaban J connectivity index is 2.08. The summed E-state index contributed by atoms with van der Waals surface area (Å²) in [4.78, 5) is 24.6. The van der Waals surface area contributed by atoms with E-state index in [-0.39, 0.29) is 11.3 Å². The molecule has 1 N–H and O–H groups in total. The van der Waals surface area contributed by atoms with Crippen molar-refractivity contribution in [2.75, 3.05) is 47.5 Å². The molecule has 2 aromatic carbocycles. The van der Waals surface area contributed by atoms with Gasteiger partial charge in [-0.15, -0.1) is 0 Å². The number of carbonyl (C=O) groups excluding carboxylic acids is 2. The molecule has 0 heterocycles. The summed E-state index contributed by atoms with van der Waals surface area (Å²) >= 11 is 0. The Morgan fingerprint density at radius 1 is 0.724 bits per heavy atom. The van der Waals surface area contributed by atoms with E-state index in [2.05, 4.69) is 5.32 Å². The van der Waals surface area contributed by atoms with Crippen LogP contribution in [0.5, 0.6) is 28.7 Å². The molecule has 0 aromatic heterocycles. The summed E-state index contributed by atoms with van der Waals surface area (Å²) in [5.41, 5.74) is 0.534. The fourth-order valence-corrected chi connectivity index (χ4v) is 2.47. The van der Waals surface area contributed by atoms with E-state index >= 15 is 0 Å². The molecule has 0 saturated heterocycles. The zero-order valence-corrected chi connectivity index (χ0v) is 16.9. The molecule has 0 spiro atoms. The molecule has 156 valence electrons. The average Bonchev–Trinajstić information content (AvgIpc) is 2.75. The van der Waals surface area contributed by atoms with Gasteiger partial charge < -0.3 is 33.7 Å². The lowest BCUT2D eigenvalue weighted by atomic mass is 10.1. The molecule has 0 unspecified atom stereocenters. The zero-order chi connectivity index (χ0) is 21.4. The Morgan fingerprint density at radius 3 is 1.79 bits per heavy atom. The first kappa shape index (κ1) is 21.7. The lowest BCUT2D eigenvalue weighted by Crippen LogP contribution is -2.21. The molecule has 2 aromatic rings. The van der Waals surface area contributed by atoms with E-state index in [1.165, 1.54) is 47.7 Å². The molecule has 0 aliphatic rings. The fourth-order valence-electron chi connectivity index (χ4n) is 2.47. The minimum absolute atomic E-state index is 0.0981. The van der Waals surface area contributed by atoms with Crippen molar-refractivity contribution in [1.29, 1.82) is 0 Å². The number of esters is 1. The summed E-state index contributed by atoms with van der Waals surface area (Å²) in [5, 5.41) is 2.62. The molecule has 2 rings (SSSR count). The number of hydrogen-bond donors (Lipinski definition) is 1. The number of benzene rings is 2. The summed E-state index contributed by atoms with van der Waals surface area (Å²) < 4.78 is 31.0. The summed E-state index contributed by atoms with van der Waals surface area (Å²) in [6.07, 6.45) is 0. The monoisotopic (exact) mass is 405 g/mol. The molecule has 0 aliphatic heterocycles. The van der Waals surface area contributed by atoms with E-state index in [0.29, 0.717) is 28.7 Å². The van der Waals surface area contributed by atoms with Gasteiger partial charge in [-0.2, -0.15) is 0 Å². The van der Waals surface area contributed by atoms with E-state index in [1.54, 1.807) is 18.2 Å². The molecule has 0 bridgehead atoms. The number of nitrogens with one attached hydrogen (secondary N) is 1. The lowest BCUT2D eigenvalue weighted by Gasteiger charge is -2.14. The predicted octanol–water partition coefficient (Wildman–Crippen LogP) is 2.53. The maximum Gasteiger partial charge on any atom is 0.342 e. The molecule has 0 atom stereocenters. The summed E-state index contributed by atoms with van der Waals surface area (Å²) in [7, 11) is 7.31. The topological polar surface area (TPSA) is 102 Å². The first-order valence-corrected chi connectivity index (χ1v) is 8.45. The van der Waals surface area contributed by atoms with Crippen LogP contribution in [0.3, 0.4) is 0 Å². The van der Waals surface area contributed by atoms with Gasteiger partial charge in [-0.25, -0.2) is 4.79 Å². The molecule has 9 heteroatoms. The van der Waals surface area contributed by atoms with Gasteiger partial charge in [0.1, 0.15) is 22.8 Å². The normalized spacial score (nSPS) is 9.97. The number of rotatable bonds is 9. The van der Waals surface area contributed by atoms with Gasteiger partial charge in [-0.05, 0) is 0 Å². The van der Waals surface area contributed by atoms with E-state index < -0.39 is 18.5 Å². The van der Waals surface area contributed by atoms with Gasteiger partial charge in [0.25, 0.3) is 5.91 Å². The van der Waals surface area contributed by atoms with E-state index in [9.17, 15) is 9.59 Å². The second-order valence-electron chi connectivity index (χ2n) is 5.63. The Hall–Kier alpha value is -3.62. The Bertz CT molecular complexity index is 859. The minimum atomic E-state index is -0.749. The first-order valence-electron chi connectivity index (χ1n) is 8.45. The quantitative estimate of drug-likeness (QED) is 0.635. The fraction of sp³-hybridized carbons (Fsp3) is 0.300. The summed E-state index contributed by atoms with van der Waals surface area (Å²) in [6, 6.07) is 7.81. The molecule has 0 radical (unpaired) electrons. The second-order valence-corrected chi connectivity index (χ2v) is 5.63. The maximum atomic E-state index is 12.4. The third-order valence-electron chi connectivity index (χ3n) is 3.90. The Labute approximate surface area is 168 Å². The molecule has 0 aliphatic carbocycles.